The van der Waals surface area contributed by atoms with E-state index in [0.29, 0.717) is 16.3 Å². The molecule has 1 atom stereocenters. The van der Waals surface area contributed by atoms with Crippen LogP contribution < -0.4 is 10.6 Å². The van der Waals surface area contributed by atoms with Gasteiger partial charge in [0.25, 0.3) is 5.91 Å². The van der Waals surface area contributed by atoms with Gasteiger partial charge in [-0.2, -0.15) is 0 Å². The lowest BCUT2D eigenvalue weighted by atomic mass is 10.1. The van der Waals surface area contributed by atoms with Crippen LogP contribution in [0.1, 0.15) is 32.0 Å². The molecule has 0 unspecified atom stereocenters. The number of carbonyl (C=O) groups is 2. The molecule has 2 N–H and O–H groups in total. The number of amides is 1. The zero-order valence-corrected chi connectivity index (χ0v) is 15.7. The highest BCUT2D eigenvalue weighted by molar-refractivity contribution is 6.31. The van der Waals surface area contributed by atoms with Gasteiger partial charge in [-0.3, -0.25) is 9.59 Å². The molecule has 2 aromatic carbocycles. The summed E-state index contributed by atoms with van der Waals surface area (Å²) in [4.78, 5) is 25.4. The van der Waals surface area contributed by atoms with Crippen molar-refractivity contribution in [1.29, 1.82) is 0 Å². The summed E-state index contributed by atoms with van der Waals surface area (Å²) < 4.78 is 5.12. The number of hydrogen-bond donors (Lipinski definition) is 2. The first-order valence-electron chi connectivity index (χ1n) is 8.42. The summed E-state index contributed by atoms with van der Waals surface area (Å²) in [5.74, 6) is -0.631. The van der Waals surface area contributed by atoms with Crippen molar-refractivity contribution in [3.63, 3.8) is 0 Å². The van der Waals surface area contributed by atoms with Gasteiger partial charge in [0.1, 0.15) is 0 Å². The van der Waals surface area contributed by atoms with Crippen LogP contribution in [0, 0.1) is 13.8 Å². The average Bonchev–Trinajstić information content (AvgIpc) is 3.20. The molecule has 6 heteroatoms. The maximum absolute atomic E-state index is 13.0. The van der Waals surface area contributed by atoms with Gasteiger partial charge in [-0.15, -0.1) is 0 Å². The van der Waals surface area contributed by atoms with Crippen molar-refractivity contribution in [1.82, 2.24) is 5.32 Å². The minimum Gasteiger partial charge on any atom is -0.459 e. The zero-order chi connectivity index (χ0) is 19.4. The Bertz CT molecular complexity index is 950. The molecule has 0 fully saturated rings. The summed E-state index contributed by atoms with van der Waals surface area (Å²) in [7, 11) is 0. The fourth-order valence-electron chi connectivity index (χ4n) is 2.58. The van der Waals surface area contributed by atoms with E-state index in [1.54, 1.807) is 36.4 Å². The first-order valence-corrected chi connectivity index (χ1v) is 8.80. The highest BCUT2D eigenvalue weighted by Gasteiger charge is 2.24. The van der Waals surface area contributed by atoms with Gasteiger partial charge in [-0.05, 0) is 43.7 Å². The van der Waals surface area contributed by atoms with Crippen LogP contribution in [0.2, 0.25) is 5.02 Å². The number of aryl methyl sites for hydroxylation is 1. The van der Waals surface area contributed by atoms with Gasteiger partial charge in [-0.25, -0.2) is 0 Å². The van der Waals surface area contributed by atoms with E-state index in [-0.39, 0.29) is 11.5 Å². The van der Waals surface area contributed by atoms with Crippen molar-refractivity contribution >= 4 is 29.0 Å². The van der Waals surface area contributed by atoms with Crippen LogP contribution >= 0.6 is 11.6 Å². The monoisotopic (exact) mass is 382 g/mol. The first kappa shape index (κ1) is 18.7. The molecule has 0 radical (unpaired) electrons. The van der Waals surface area contributed by atoms with Crippen LogP contribution in [0.3, 0.4) is 0 Å². The molecular formula is C21H19ClN2O3. The molecule has 0 bridgehead atoms. The SMILES string of the molecule is Cc1ccc(C(=O)[C@@H](NC(=O)c2ccco2)Nc2cccc(Cl)c2C)cc1. The van der Waals surface area contributed by atoms with Crippen LogP contribution in [0.25, 0.3) is 0 Å². The lowest BCUT2D eigenvalue weighted by Gasteiger charge is -2.21. The van der Waals surface area contributed by atoms with Crippen molar-refractivity contribution in [3.8, 4) is 0 Å². The molecule has 3 rings (SSSR count). The van der Waals surface area contributed by atoms with E-state index in [9.17, 15) is 9.59 Å². The van der Waals surface area contributed by atoms with E-state index in [0.717, 1.165) is 11.1 Å². The lowest BCUT2D eigenvalue weighted by Crippen LogP contribution is -2.46. The third kappa shape index (κ3) is 4.38. The zero-order valence-electron chi connectivity index (χ0n) is 15.0. The number of carbonyl (C=O) groups excluding carboxylic acids is 2. The summed E-state index contributed by atoms with van der Waals surface area (Å²) in [6.07, 6.45) is 0.419. The van der Waals surface area contributed by atoms with Gasteiger partial charge < -0.3 is 15.1 Å². The third-order valence-corrected chi connectivity index (χ3v) is 4.60. The van der Waals surface area contributed by atoms with Gasteiger partial charge in [0, 0.05) is 16.3 Å². The Kier molecular flexibility index (Phi) is 5.62. The number of nitrogens with one attached hydrogen (secondary N) is 2. The summed E-state index contributed by atoms with van der Waals surface area (Å²) >= 11 is 6.17. The van der Waals surface area contributed by atoms with Crippen LogP contribution in [0.4, 0.5) is 5.69 Å². The Balaban J connectivity index is 1.90. The van der Waals surface area contributed by atoms with Crippen LogP contribution in [-0.4, -0.2) is 17.9 Å². The topological polar surface area (TPSA) is 71.3 Å². The predicted octanol–water partition coefficient (Wildman–Crippen LogP) is 4.60. The Labute approximate surface area is 162 Å². The van der Waals surface area contributed by atoms with Gasteiger partial charge in [-0.1, -0.05) is 47.5 Å². The van der Waals surface area contributed by atoms with Gasteiger partial charge in [0.2, 0.25) is 5.78 Å². The molecule has 27 heavy (non-hydrogen) atoms. The number of Topliss-reactive ketones (excluding diaryl/α,β-unsaturated/α-hetero) is 1. The van der Waals surface area contributed by atoms with E-state index >= 15 is 0 Å². The largest absolute Gasteiger partial charge is 0.459 e. The molecule has 0 aliphatic carbocycles. The van der Waals surface area contributed by atoms with Crippen molar-refractivity contribution in [2.75, 3.05) is 5.32 Å². The summed E-state index contributed by atoms with van der Waals surface area (Å²) in [6, 6.07) is 15.7. The molecule has 1 heterocycles. The predicted molar refractivity (Wildman–Crippen MR) is 105 cm³/mol. The Morgan fingerprint density at radius 2 is 1.74 bits per heavy atom. The molecule has 0 spiro atoms. The highest BCUT2D eigenvalue weighted by atomic mass is 35.5. The van der Waals surface area contributed by atoms with Gasteiger partial charge >= 0.3 is 0 Å². The standard InChI is InChI=1S/C21H19ClN2O3/c1-13-8-10-15(11-9-13)19(25)20(24-21(26)18-7-4-12-27-18)23-17-6-3-5-16(22)14(17)2/h3-12,20,23H,1-2H3,(H,24,26)/t20-/m1/s1. The normalized spacial score (nSPS) is 11.7. The van der Waals surface area contributed by atoms with Crippen LogP contribution in [0.5, 0.6) is 0 Å². The number of furan rings is 1. The smallest absolute Gasteiger partial charge is 0.288 e. The fourth-order valence-corrected chi connectivity index (χ4v) is 2.76. The lowest BCUT2D eigenvalue weighted by molar-refractivity contribution is 0.0852. The van der Waals surface area contributed by atoms with Crippen molar-refractivity contribution < 1.29 is 14.0 Å². The Morgan fingerprint density at radius 3 is 2.41 bits per heavy atom. The molecule has 0 saturated carbocycles. The second-order valence-electron chi connectivity index (χ2n) is 6.17. The number of rotatable bonds is 6. The summed E-state index contributed by atoms with van der Waals surface area (Å²) in [5, 5.41) is 6.35. The first-order chi connectivity index (χ1) is 13.0. The molecule has 1 aromatic heterocycles. The van der Waals surface area contributed by atoms with Crippen LogP contribution in [0.15, 0.2) is 65.3 Å². The van der Waals surface area contributed by atoms with E-state index in [2.05, 4.69) is 10.6 Å². The van der Waals surface area contributed by atoms with Crippen LogP contribution in [-0.2, 0) is 0 Å². The quantitative estimate of drug-likeness (QED) is 0.482. The van der Waals surface area contributed by atoms with Gasteiger partial charge in [0.05, 0.1) is 6.26 Å². The van der Waals surface area contributed by atoms with E-state index in [1.807, 2.05) is 26.0 Å². The summed E-state index contributed by atoms with van der Waals surface area (Å²) in [6.45, 7) is 3.78. The fraction of sp³-hybridized carbons (Fsp3) is 0.143. The molecule has 0 saturated heterocycles. The third-order valence-electron chi connectivity index (χ3n) is 4.19. The Morgan fingerprint density at radius 1 is 1.00 bits per heavy atom. The van der Waals surface area contributed by atoms with Crippen molar-refractivity contribution in [2.45, 2.75) is 20.0 Å². The molecule has 3 aromatic rings. The molecule has 0 aliphatic rings. The second kappa shape index (κ2) is 8.10. The minimum atomic E-state index is -0.984. The number of hydrogen-bond acceptors (Lipinski definition) is 4. The van der Waals surface area contributed by atoms with E-state index < -0.39 is 12.1 Å². The average molecular weight is 383 g/mol. The molecule has 1 amide bonds. The van der Waals surface area contributed by atoms with E-state index in [4.69, 9.17) is 16.0 Å². The maximum Gasteiger partial charge on any atom is 0.288 e. The maximum atomic E-state index is 13.0. The van der Waals surface area contributed by atoms with Crippen molar-refractivity contribution in [2.24, 2.45) is 0 Å². The Hall–Kier alpha value is -3.05. The van der Waals surface area contributed by atoms with Crippen molar-refractivity contribution in [3.05, 3.63) is 88.3 Å². The van der Waals surface area contributed by atoms with E-state index in [1.165, 1.54) is 12.3 Å². The number of halogens is 1. The summed E-state index contributed by atoms with van der Waals surface area (Å²) in [5.41, 5.74) is 2.97. The number of anilines is 1. The number of ketones is 1. The molecule has 138 valence electrons. The molecular weight excluding hydrogens is 364 g/mol. The second-order valence-corrected chi connectivity index (χ2v) is 6.58. The molecule has 0 aliphatic heterocycles. The number of benzene rings is 2. The van der Waals surface area contributed by atoms with Gasteiger partial charge in [0.15, 0.2) is 11.9 Å². The highest BCUT2D eigenvalue weighted by Crippen LogP contribution is 2.24. The molecule has 5 nitrogen and oxygen atoms in total. The minimum absolute atomic E-state index is 0.126.